The second kappa shape index (κ2) is 11.8. The van der Waals surface area contributed by atoms with Gasteiger partial charge in [-0.05, 0) is 30.7 Å². The van der Waals surface area contributed by atoms with E-state index in [9.17, 15) is 0 Å². The minimum atomic E-state index is 0.624. The summed E-state index contributed by atoms with van der Waals surface area (Å²) in [6.45, 7) is 8.74. The molecule has 0 radical (unpaired) electrons. The number of aryl methyl sites for hydroxylation is 1. The highest BCUT2D eigenvalue weighted by Crippen LogP contribution is 2.22. The van der Waals surface area contributed by atoms with E-state index in [4.69, 9.17) is 28.9 Å². The molecule has 0 saturated carbocycles. The summed E-state index contributed by atoms with van der Waals surface area (Å²) in [5.41, 5.74) is 6.06. The number of nitrogens with two attached hydrogens (primary N) is 1. The number of halogens is 2. The largest absolute Gasteiger partial charge is 0.331 e. The van der Waals surface area contributed by atoms with Gasteiger partial charge in [-0.3, -0.25) is 0 Å². The number of hydrogen-bond acceptors (Lipinski definition) is 1. The smallest absolute Gasteiger partial charge is 0.0595 e. The predicted octanol–water partition coefficient (Wildman–Crippen LogP) is 4.55. The van der Waals surface area contributed by atoms with Crippen LogP contribution >= 0.6 is 23.2 Å². The summed E-state index contributed by atoms with van der Waals surface area (Å²) in [6, 6.07) is 5.70. The summed E-state index contributed by atoms with van der Waals surface area (Å²) in [7, 11) is 0. The van der Waals surface area contributed by atoms with Gasteiger partial charge in [0.2, 0.25) is 0 Å². The van der Waals surface area contributed by atoms with Crippen LogP contribution in [0, 0.1) is 0 Å². The first kappa shape index (κ1) is 17.2. The zero-order valence-corrected chi connectivity index (χ0v) is 11.5. The van der Waals surface area contributed by atoms with Gasteiger partial charge in [0.05, 0.1) is 10.0 Å². The molecule has 15 heavy (non-hydrogen) atoms. The molecule has 0 atom stereocenters. The Morgan fingerprint density at radius 1 is 1.07 bits per heavy atom. The maximum absolute atomic E-state index is 5.76. The molecule has 0 fully saturated rings. The van der Waals surface area contributed by atoms with Crippen molar-refractivity contribution < 1.29 is 0 Å². The lowest BCUT2D eigenvalue weighted by atomic mass is 10.2. The van der Waals surface area contributed by atoms with Gasteiger partial charge in [-0.1, -0.05) is 57.0 Å². The molecule has 1 aromatic carbocycles. The highest BCUT2D eigenvalue weighted by atomic mass is 35.5. The Morgan fingerprint density at radius 3 is 1.87 bits per heavy atom. The Kier molecular flexibility index (Phi) is 13.5. The average Bonchev–Trinajstić information content (AvgIpc) is 2.26. The maximum Gasteiger partial charge on any atom is 0.0595 e. The number of hydrogen-bond donors (Lipinski definition) is 1. The molecule has 0 unspecified atom stereocenters. The molecule has 0 heterocycles. The van der Waals surface area contributed by atoms with E-state index < -0.39 is 0 Å². The summed E-state index contributed by atoms with van der Waals surface area (Å²) < 4.78 is 0. The zero-order chi connectivity index (χ0) is 12.3. The van der Waals surface area contributed by atoms with Crippen LogP contribution in [0.1, 0.15) is 33.3 Å². The first-order chi connectivity index (χ1) is 7.15. The van der Waals surface area contributed by atoms with E-state index >= 15 is 0 Å². The van der Waals surface area contributed by atoms with Crippen molar-refractivity contribution in [2.24, 2.45) is 5.73 Å². The molecule has 1 aromatic rings. The highest BCUT2D eigenvalue weighted by molar-refractivity contribution is 6.41. The number of benzene rings is 1. The Hall–Kier alpha value is -0.240. The minimum absolute atomic E-state index is 0.624. The molecule has 1 rings (SSSR count). The molecule has 88 valence electrons. The fourth-order valence-corrected chi connectivity index (χ4v) is 1.08. The SMILES string of the molecule is CC.CCN.CCc1ccc(Cl)c(Cl)c1. The van der Waals surface area contributed by atoms with Crippen LogP contribution in [-0.2, 0) is 6.42 Å². The fourth-order valence-electron chi connectivity index (χ4n) is 0.760. The lowest BCUT2D eigenvalue weighted by Crippen LogP contribution is -1.87. The second-order valence-electron chi connectivity index (χ2n) is 2.51. The summed E-state index contributed by atoms with van der Waals surface area (Å²) in [6.07, 6.45) is 0.997. The van der Waals surface area contributed by atoms with Crippen LogP contribution in [0.3, 0.4) is 0 Å². The minimum Gasteiger partial charge on any atom is -0.331 e. The normalized spacial score (nSPS) is 8.20. The molecule has 0 spiro atoms. The second-order valence-corrected chi connectivity index (χ2v) is 3.32. The quantitative estimate of drug-likeness (QED) is 0.777. The summed E-state index contributed by atoms with van der Waals surface area (Å²) in [5.74, 6) is 0. The molecule has 0 aliphatic heterocycles. The Labute approximate surface area is 104 Å². The Balaban J connectivity index is 0. The van der Waals surface area contributed by atoms with Crippen molar-refractivity contribution in [3.63, 3.8) is 0 Å². The molecule has 0 aliphatic carbocycles. The average molecular weight is 250 g/mol. The first-order valence-electron chi connectivity index (χ1n) is 5.29. The van der Waals surface area contributed by atoms with Crippen molar-refractivity contribution in [1.82, 2.24) is 0 Å². The van der Waals surface area contributed by atoms with Gasteiger partial charge in [0, 0.05) is 0 Å². The van der Waals surface area contributed by atoms with Crippen LogP contribution in [0.15, 0.2) is 18.2 Å². The Morgan fingerprint density at radius 2 is 1.53 bits per heavy atom. The fraction of sp³-hybridized carbons (Fsp3) is 0.500. The number of rotatable bonds is 1. The van der Waals surface area contributed by atoms with Gasteiger partial charge in [-0.2, -0.15) is 0 Å². The van der Waals surface area contributed by atoms with Gasteiger partial charge in [0.1, 0.15) is 0 Å². The predicted molar refractivity (Wildman–Crippen MR) is 71.9 cm³/mol. The van der Waals surface area contributed by atoms with Crippen molar-refractivity contribution >= 4 is 23.2 Å². The highest BCUT2D eigenvalue weighted by Gasteiger charge is 1.96. The van der Waals surface area contributed by atoms with E-state index in [-0.39, 0.29) is 0 Å². The van der Waals surface area contributed by atoms with Crippen molar-refractivity contribution in [2.75, 3.05) is 6.54 Å². The molecule has 0 bridgehead atoms. The van der Waals surface area contributed by atoms with Crippen molar-refractivity contribution in [3.05, 3.63) is 33.8 Å². The van der Waals surface area contributed by atoms with Crippen LogP contribution < -0.4 is 5.73 Å². The molecule has 0 aromatic heterocycles. The van der Waals surface area contributed by atoms with Crippen molar-refractivity contribution in [3.8, 4) is 0 Å². The van der Waals surface area contributed by atoms with Gasteiger partial charge >= 0.3 is 0 Å². The van der Waals surface area contributed by atoms with Crippen LogP contribution in [0.4, 0.5) is 0 Å². The molecule has 0 saturated heterocycles. The molecular weight excluding hydrogens is 229 g/mol. The van der Waals surface area contributed by atoms with Gasteiger partial charge in [0.25, 0.3) is 0 Å². The third-order valence-electron chi connectivity index (χ3n) is 1.39. The van der Waals surface area contributed by atoms with E-state index in [1.165, 1.54) is 5.56 Å². The third kappa shape index (κ3) is 8.73. The van der Waals surface area contributed by atoms with Gasteiger partial charge in [-0.25, -0.2) is 0 Å². The maximum atomic E-state index is 5.76. The summed E-state index contributed by atoms with van der Waals surface area (Å²) in [4.78, 5) is 0. The lowest BCUT2D eigenvalue weighted by Gasteiger charge is -1.97. The molecular formula is C12H21Cl2N. The topological polar surface area (TPSA) is 26.0 Å². The van der Waals surface area contributed by atoms with E-state index in [0.29, 0.717) is 10.0 Å². The third-order valence-corrected chi connectivity index (χ3v) is 2.13. The molecule has 0 amide bonds. The van der Waals surface area contributed by atoms with E-state index in [1.807, 2.05) is 39.0 Å². The van der Waals surface area contributed by atoms with Crippen molar-refractivity contribution in [1.29, 1.82) is 0 Å². The lowest BCUT2D eigenvalue weighted by molar-refractivity contribution is 1.14. The molecule has 1 nitrogen and oxygen atoms in total. The van der Waals surface area contributed by atoms with Crippen LogP contribution in [0.25, 0.3) is 0 Å². The first-order valence-corrected chi connectivity index (χ1v) is 6.05. The van der Waals surface area contributed by atoms with Gasteiger partial charge in [0.15, 0.2) is 0 Å². The van der Waals surface area contributed by atoms with Gasteiger partial charge in [-0.15, -0.1) is 0 Å². The zero-order valence-electron chi connectivity index (χ0n) is 9.98. The van der Waals surface area contributed by atoms with Crippen molar-refractivity contribution in [2.45, 2.75) is 34.1 Å². The summed E-state index contributed by atoms with van der Waals surface area (Å²) >= 11 is 11.5. The van der Waals surface area contributed by atoms with Gasteiger partial charge < -0.3 is 5.73 Å². The Bertz CT molecular complexity index is 249. The summed E-state index contributed by atoms with van der Waals surface area (Å²) in [5, 5.41) is 1.26. The van der Waals surface area contributed by atoms with E-state index in [1.54, 1.807) is 0 Å². The van der Waals surface area contributed by atoms with Crippen LogP contribution in [-0.4, -0.2) is 6.54 Å². The van der Waals surface area contributed by atoms with Crippen LogP contribution in [0.5, 0.6) is 0 Å². The molecule has 3 heteroatoms. The van der Waals surface area contributed by atoms with Crippen LogP contribution in [0.2, 0.25) is 10.0 Å². The molecule has 2 N–H and O–H groups in total. The monoisotopic (exact) mass is 249 g/mol. The standard InChI is InChI=1S/C8H8Cl2.C2H7N.C2H6/c1-2-6-3-4-7(9)8(10)5-6;1-2-3;1-2/h3-5H,2H2,1H3;2-3H2,1H3;1-2H3. The van der Waals surface area contributed by atoms with E-state index in [2.05, 4.69) is 6.92 Å². The molecule has 0 aliphatic rings. The van der Waals surface area contributed by atoms with E-state index in [0.717, 1.165) is 13.0 Å².